The molecule has 0 radical (unpaired) electrons. The molecule has 4 N–H and O–H groups in total. The van der Waals surface area contributed by atoms with Gasteiger partial charge in [0.2, 0.25) is 16.9 Å². The van der Waals surface area contributed by atoms with Gasteiger partial charge in [0.15, 0.2) is 11.6 Å². The minimum absolute atomic E-state index is 0.0208. The third kappa shape index (κ3) is 3.37. The molecule has 0 unspecified atom stereocenters. The summed E-state index contributed by atoms with van der Waals surface area (Å²) in [6.45, 7) is 0. The van der Waals surface area contributed by atoms with Crippen LogP contribution in [0, 0.1) is 11.6 Å². The number of nitrogens with two attached hydrogens (primary N) is 1. The number of carbonyl (C=O) groups excluding carboxylic acids is 1. The van der Waals surface area contributed by atoms with Crippen molar-refractivity contribution in [2.24, 2.45) is 0 Å². The lowest BCUT2D eigenvalue weighted by molar-refractivity contribution is -0.113. The lowest BCUT2D eigenvalue weighted by atomic mass is 10.2. The highest BCUT2D eigenvalue weighted by molar-refractivity contribution is 7.99. The summed E-state index contributed by atoms with van der Waals surface area (Å²) in [5.74, 6) is 4.05. The van der Waals surface area contributed by atoms with Crippen molar-refractivity contribution in [1.29, 1.82) is 0 Å². The number of H-pyrrole nitrogens is 1. The average molecular weight is 391 g/mol. The minimum atomic E-state index is -1.03. The molecule has 0 fully saturated rings. The van der Waals surface area contributed by atoms with Gasteiger partial charge in [0, 0.05) is 23.0 Å². The maximum absolute atomic E-state index is 13.2. The van der Waals surface area contributed by atoms with Crippen LogP contribution >= 0.6 is 11.8 Å². The molecule has 1 aromatic carbocycles. The molecule has 2 heterocycles. The zero-order chi connectivity index (χ0) is 19.0. The van der Waals surface area contributed by atoms with Gasteiger partial charge in [-0.25, -0.2) is 13.5 Å². The molecule has 8 nitrogen and oxygen atoms in total. The van der Waals surface area contributed by atoms with Gasteiger partial charge >= 0.3 is 0 Å². The van der Waals surface area contributed by atoms with Crippen LogP contribution in [0.4, 0.5) is 14.5 Å². The molecule has 0 spiro atoms. The monoisotopic (exact) mass is 391 g/mol. The van der Waals surface area contributed by atoms with Crippen molar-refractivity contribution in [2.75, 3.05) is 16.9 Å². The van der Waals surface area contributed by atoms with Gasteiger partial charge in [-0.1, -0.05) is 11.8 Å². The van der Waals surface area contributed by atoms with Gasteiger partial charge in [0.05, 0.1) is 5.75 Å². The zero-order valence-electron chi connectivity index (χ0n) is 14.0. The Balaban J connectivity index is 1.42. The Morgan fingerprint density at radius 2 is 2.15 bits per heavy atom. The highest BCUT2D eigenvalue weighted by atomic mass is 32.2. The van der Waals surface area contributed by atoms with E-state index in [-0.39, 0.29) is 11.4 Å². The summed E-state index contributed by atoms with van der Waals surface area (Å²) in [5, 5.41) is 18.2. The largest absolute Gasteiger partial charge is 0.335 e. The normalized spacial score (nSPS) is 13.0. The Morgan fingerprint density at radius 1 is 1.30 bits per heavy atom. The number of rotatable bonds is 5. The Bertz CT molecular complexity index is 1020. The maximum Gasteiger partial charge on any atom is 0.234 e. The fourth-order valence-corrected chi connectivity index (χ4v) is 3.60. The van der Waals surface area contributed by atoms with E-state index in [2.05, 4.69) is 25.7 Å². The van der Waals surface area contributed by atoms with E-state index in [4.69, 9.17) is 5.84 Å². The molecule has 0 atom stereocenters. The highest BCUT2D eigenvalue weighted by Gasteiger charge is 2.24. The number of benzene rings is 1. The number of nitrogen functional groups attached to an aromatic ring is 1. The Hall–Kier alpha value is -2.95. The molecule has 140 valence electrons. The van der Waals surface area contributed by atoms with E-state index in [0.717, 1.165) is 54.4 Å². The van der Waals surface area contributed by atoms with E-state index >= 15 is 0 Å². The van der Waals surface area contributed by atoms with Crippen LogP contribution in [-0.4, -0.2) is 36.7 Å². The summed E-state index contributed by atoms with van der Waals surface area (Å²) in [7, 11) is 0. The molecule has 3 aromatic rings. The number of nitrogens with one attached hydrogen (secondary N) is 2. The number of aromatic amines is 1. The summed E-state index contributed by atoms with van der Waals surface area (Å²) in [6, 6.07) is 3.14. The van der Waals surface area contributed by atoms with Crippen molar-refractivity contribution < 1.29 is 13.6 Å². The van der Waals surface area contributed by atoms with Crippen LogP contribution in [0.3, 0.4) is 0 Å². The van der Waals surface area contributed by atoms with Crippen molar-refractivity contribution in [2.45, 2.75) is 24.4 Å². The molecule has 0 bridgehead atoms. The maximum atomic E-state index is 13.2. The SMILES string of the molecule is Nn1c(SCC(=O)Nc2ccc(F)c(F)c2)nnc1-c1n[nH]c2c1CCC2. The minimum Gasteiger partial charge on any atom is -0.335 e. The van der Waals surface area contributed by atoms with E-state index in [9.17, 15) is 13.6 Å². The number of thioether (sulfide) groups is 1. The lowest BCUT2D eigenvalue weighted by Crippen LogP contribution is -2.16. The number of halogens is 2. The molecule has 4 rings (SSSR count). The Labute approximate surface area is 156 Å². The quantitative estimate of drug-likeness (QED) is 0.452. The van der Waals surface area contributed by atoms with E-state index in [1.165, 1.54) is 10.7 Å². The second-order valence-corrected chi connectivity index (χ2v) is 6.97. The summed E-state index contributed by atoms with van der Waals surface area (Å²) in [5.41, 5.74) is 3.03. The van der Waals surface area contributed by atoms with Gasteiger partial charge in [-0.05, 0) is 31.4 Å². The van der Waals surface area contributed by atoms with Gasteiger partial charge in [-0.3, -0.25) is 9.89 Å². The fraction of sp³-hybridized carbons (Fsp3) is 0.250. The van der Waals surface area contributed by atoms with Crippen LogP contribution in [0.25, 0.3) is 11.5 Å². The van der Waals surface area contributed by atoms with Crippen LogP contribution < -0.4 is 11.2 Å². The van der Waals surface area contributed by atoms with Crippen LogP contribution in [0.1, 0.15) is 17.7 Å². The number of nitrogens with zero attached hydrogens (tertiary/aromatic N) is 4. The van der Waals surface area contributed by atoms with E-state index < -0.39 is 17.5 Å². The fourth-order valence-electron chi connectivity index (χ4n) is 2.94. The van der Waals surface area contributed by atoms with E-state index in [0.29, 0.717) is 16.7 Å². The summed E-state index contributed by atoms with van der Waals surface area (Å²) >= 11 is 1.08. The lowest BCUT2D eigenvalue weighted by Gasteiger charge is -2.06. The van der Waals surface area contributed by atoms with Crippen molar-refractivity contribution >= 4 is 23.4 Å². The van der Waals surface area contributed by atoms with Crippen LogP contribution in [0.2, 0.25) is 0 Å². The van der Waals surface area contributed by atoms with E-state index in [1.807, 2.05) is 0 Å². The first-order chi connectivity index (χ1) is 13.0. The zero-order valence-corrected chi connectivity index (χ0v) is 14.8. The van der Waals surface area contributed by atoms with Gasteiger partial charge in [-0.2, -0.15) is 5.10 Å². The molecule has 2 aromatic heterocycles. The Morgan fingerprint density at radius 3 is 2.96 bits per heavy atom. The number of carbonyl (C=O) groups is 1. The van der Waals surface area contributed by atoms with E-state index in [1.54, 1.807) is 0 Å². The number of hydrogen-bond acceptors (Lipinski definition) is 6. The summed E-state index contributed by atoms with van der Waals surface area (Å²) in [4.78, 5) is 12.0. The topological polar surface area (TPSA) is 115 Å². The van der Waals surface area contributed by atoms with Gasteiger partial charge in [-0.15, -0.1) is 10.2 Å². The number of aromatic nitrogens is 5. The summed E-state index contributed by atoms with van der Waals surface area (Å²) in [6.07, 6.45) is 2.92. The number of amides is 1. The smallest absolute Gasteiger partial charge is 0.234 e. The summed E-state index contributed by atoms with van der Waals surface area (Å²) < 4.78 is 27.4. The van der Waals surface area contributed by atoms with Crippen molar-refractivity contribution in [1.82, 2.24) is 25.1 Å². The molecule has 11 heteroatoms. The third-order valence-corrected chi connectivity index (χ3v) is 5.16. The molecule has 1 aliphatic carbocycles. The molecule has 1 aliphatic rings. The highest BCUT2D eigenvalue weighted by Crippen LogP contribution is 2.30. The number of aryl methyl sites for hydroxylation is 1. The van der Waals surface area contributed by atoms with Crippen LogP contribution in [-0.2, 0) is 17.6 Å². The van der Waals surface area contributed by atoms with Gasteiger partial charge in [0.25, 0.3) is 0 Å². The first kappa shape index (κ1) is 17.5. The first-order valence-electron chi connectivity index (χ1n) is 8.17. The number of hydrogen-bond donors (Lipinski definition) is 3. The van der Waals surface area contributed by atoms with Crippen molar-refractivity contribution in [3.63, 3.8) is 0 Å². The first-order valence-corrected chi connectivity index (χ1v) is 9.16. The molecule has 27 heavy (non-hydrogen) atoms. The van der Waals surface area contributed by atoms with Crippen LogP contribution in [0.5, 0.6) is 0 Å². The second kappa shape index (κ2) is 6.99. The number of fused-ring (bicyclic) bond motifs is 1. The number of anilines is 1. The molecule has 0 aliphatic heterocycles. The van der Waals surface area contributed by atoms with Crippen molar-refractivity contribution in [3.05, 3.63) is 41.1 Å². The molecular formula is C16H15F2N7OS. The standard InChI is InChI=1S/C16H15F2N7OS/c17-10-5-4-8(6-11(10)18)20-13(26)7-27-16-24-23-15(25(16)19)14-9-2-1-3-12(9)21-22-14/h4-6H,1-3,7,19H2,(H,20,26)(H,21,22). The van der Waals surface area contributed by atoms with Crippen LogP contribution in [0.15, 0.2) is 23.4 Å². The molecule has 1 amide bonds. The van der Waals surface area contributed by atoms with Gasteiger partial charge in [0.1, 0.15) is 5.69 Å². The molecule has 0 saturated heterocycles. The van der Waals surface area contributed by atoms with Gasteiger partial charge < -0.3 is 11.2 Å². The third-order valence-electron chi connectivity index (χ3n) is 4.22. The molecular weight excluding hydrogens is 376 g/mol. The molecule has 0 saturated carbocycles. The Kier molecular flexibility index (Phi) is 4.52. The van der Waals surface area contributed by atoms with Crippen molar-refractivity contribution in [3.8, 4) is 11.5 Å². The predicted octanol–water partition coefficient (Wildman–Crippen LogP) is 1.88. The average Bonchev–Trinajstić information content (AvgIpc) is 3.33. The second-order valence-electron chi connectivity index (χ2n) is 6.02. The predicted molar refractivity (Wildman–Crippen MR) is 95.5 cm³/mol.